The Bertz CT molecular complexity index is 1160. The molecule has 0 spiro atoms. The lowest BCUT2D eigenvalue weighted by molar-refractivity contribution is -0.141. The Morgan fingerprint density at radius 1 is 1.09 bits per heavy atom. The van der Waals surface area contributed by atoms with Crippen molar-refractivity contribution in [3.05, 3.63) is 36.5 Å². The zero-order valence-corrected chi connectivity index (χ0v) is 19.4. The molecule has 34 heavy (non-hydrogen) atoms. The van der Waals surface area contributed by atoms with E-state index in [0.717, 1.165) is 23.7 Å². The van der Waals surface area contributed by atoms with E-state index in [0.29, 0.717) is 61.9 Å². The number of methoxy groups -OCH3 is 2. The standard InChI is InChI=1S/C24H28N6O4/c1-32-19-14-16-17(15-20(19)33-2)26-24(28-22(16)27-21-7-3-4-8-25-21)30-11-9-29(10-12-30)23(31)18-6-5-13-34-18/h3-4,7-8,14-15,18H,5-6,9-13H2,1-2H3,(H,25,26,27,28). The van der Waals surface area contributed by atoms with Crippen LogP contribution >= 0.6 is 0 Å². The number of hydrogen-bond donors (Lipinski definition) is 1. The molecule has 0 saturated carbocycles. The Kier molecular flexibility index (Phi) is 6.31. The number of benzene rings is 1. The number of rotatable bonds is 6. The van der Waals surface area contributed by atoms with Gasteiger partial charge in [-0.2, -0.15) is 4.98 Å². The van der Waals surface area contributed by atoms with Crippen molar-refractivity contribution in [1.82, 2.24) is 19.9 Å². The summed E-state index contributed by atoms with van der Waals surface area (Å²) in [4.78, 5) is 30.7. The lowest BCUT2D eigenvalue weighted by Gasteiger charge is -2.36. The van der Waals surface area contributed by atoms with Crippen LogP contribution in [0.3, 0.4) is 0 Å². The molecule has 2 aromatic heterocycles. The van der Waals surface area contributed by atoms with E-state index in [1.54, 1.807) is 20.4 Å². The zero-order chi connectivity index (χ0) is 23.5. The predicted molar refractivity (Wildman–Crippen MR) is 128 cm³/mol. The number of nitrogens with one attached hydrogen (secondary N) is 1. The molecule has 2 aliphatic rings. The second-order valence-corrected chi connectivity index (χ2v) is 8.25. The van der Waals surface area contributed by atoms with Crippen molar-refractivity contribution in [3.63, 3.8) is 0 Å². The molecule has 1 unspecified atom stereocenters. The molecular weight excluding hydrogens is 436 g/mol. The number of hydrogen-bond acceptors (Lipinski definition) is 9. The Morgan fingerprint density at radius 3 is 2.56 bits per heavy atom. The quantitative estimate of drug-likeness (QED) is 0.590. The second-order valence-electron chi connectivity index (χ2n) is 8.25. The number of anilines is 3. The molecule has 1 atom stereocenters. The summed E-state index contributed by atoms with van der Waals surface area (Å²) in [6.45, 7) is 3.16. The molecule has 1 amide bonds. The number of carbonyl (C=O) groups is 1. The van der Waals surface area contributed by atoms with Gasteiger partial charge in [0.2, 0.25) is 5.95 Å². The number of ether oxygens (including phenoxy) is 3. The van der Waals surface area contributed by atoms with Crippen molar-refractivity contribution >= 4 is 34.4 Å². The topological polar surface area (TPSA) is 102 Å². The van der Waals surface area contributed by atoms with Gasteiger partial charge in [-0.15, -0.1) is 0 Å². The lowest BCUT2D eigenvalue weighted by Crippen LogP contribution is -2.51. The molecule has 2 aliphatic heterocycles. The fourth-order valence-corrected chi connectivity index (χ4v) is 4.34. The van der Waals surface area contributed by atoms with Crippen molar-refractivity contribution in [2.24, 2.45) is 0 Å². The Balaban J connectivity index is 1.44. The Labute approximate surface area is 197 Å². The summed E-state index contributed by atoms with van der Waals surface area (Å²) in [5, 5.41) is 4.10. The van der Waals surface area contributed by atoms with E-state index < -0.39 is 0 Å². The van der Waals surface area contributed by atoms with E-state index in [9.17, 15) is 4.79 Å². The number of pyridine rings is 1. The maximum absolute atomic E-state index is 12.7. The van der Waals surface area contributed by atoms with E-state index in [1.165, 1.54) is 0 Å². The monoisotopic (exact) mass is 464 g/mol. The fraction of sp³-hybridized carbons (Fsp3) is 0.417. The molecule has 2 fully saturated rings. The van der Waals surface area contributed by atoms with Gasteiger partial charge in [-0.25, -0.2) is 9.97 Å². The normalized spacial score (nSPS) is 18.2. The summed E-state index contributed by atoms with van der Waals surface area (Å²) < 4.78 is 16.6. The summed E-state index contributed by atoms with van der Waals surface area (Å²) in [7, 11) is 3.20. The molecule has 5 rings (SSSR count). The second kappa shape index (κ2) is 9.68. The third-order valence-corrected chi connectivity index (χ3v) is 6.18. The number of fused-ring (bicyclic) bond motifs is 1. The van der Waals surface area contributed by atoms with Gasteiger partial charge in [0.15, 0.2) is 11.5 Å². The largest absolute Gasteiger partial charge is 0.493 e. The smallest absolute Gasteiger partial charge is 0.251 e. The molecule has 1 aromatic carbocycles. The van der Waals surface area contributed by atoms with E-state index in [1.807, 2.05) is 35.2 Å². The van der Waals surface area contributed by atoms with E-state index in [4.69, 9.17) is 24.2 Å². The van der Waals surface area contributed by atoms with Crippen molar-refractivity contribution in [2.45, 2.75) is 18.9 Å². The first-order valence-corrected chi connectivity index (χ1v) is 11.4. The maximum Gasteiger partial charge on any atom is 0.251 e. The summed E-state index contributed by atoms with van der Waals surface area (Å²) in [5.74, 6) is 3.16. The van der Waals surface area contributed by atoms with Gasteiger partial charge in [0.1, 0.15) is 17.7 Å². The Hall–Kier alpha value is -3.66. The van der Waals surface area contributed by atoms with Crippen LogP contribution in [0.25, 0.3) is 10.9 Å². The van der Waals surface area contributed by atoms with Gasteiger partial charge >= 0.3 is 0 Å². The molecule has 4 heterocycles. The van der Waals surface area contributed by atoms with Gasteiger partial charge in [0.25, 0.3) is 5.91 Å². The van der Waals surface area contributed by atoms with E-state index in [-0.39, 0.29) is 12.0 Å². The van der Waals surface area contributed by atoms with Crippen molar-refractivity contribution < 1.29 is 19.0 Å². The average Bonchev–Trinajstić information content (AvgIpc) is 3.43. The van der Waals surface area contributed by atoms with Crippen LogP contribution in [0.15, 0.2) is 36.5 Å². The highest BCUT2D eigenvalue weighted by Gasteiger charge is 2.31. The third kappa shape index (κ3) is 4.41. The number of nitrogens with zero attached hydrogens (tertiary/aromatic N) is 5. The highest BCUT2D eigenvalue weighted by atomic mass is 16.5. The van der Waals surface area contributed by atoms with Gasteiger partial charge < -0.3 is 29.3 Å². The van der Waals surface area contributed by atoms with Crippen LogP contribution in [0.4, 0.5) is 17.6 Å². The highest BCUT2D eigenvalue weighted by Crippen LogP contribution is 2.36. The molecule has 3 aromatic rings. The summed E-state index contributed by atoms with van der Waals surface area (Å²) >= 11 is 0. The molecule has 10 heteroatoms. The molecule has 2 saturated heterocycles. The van der Waals surface area contributed by atoms with Crippen LogP contribution in [-0.4, -0.2) is 78.9 Å². The number of carbonyl (C=O) groups excluding carboxylic acids is 1. The molecule has 178 valence electrons. The summed E-state index contributed by atoms with van der Waals surface area (Å²) in [5.41, 5.74) is 0.721. The number of piperazine rings is 1. The van der Waals surface area contributed by atoms with Crippen LogP contribution < -0.4 is 19.7 Å². The van der Waals surface area contributed by atoms with Gasteiger partial charge in [-0.05, 0) is 31.0 Å². The summed E-state index contributed by atoms with van der Waals surface area (Å²) in [6.07, 6.45) is 3.18. The fourth-order valence-electron chi connectivity index (χ4n) is 4.34. The minimum atomic E-state index is -0.292. The first kappa shape index (κ1) is 22.1. The lowest BCUT2D eigenvalue weighted by atomic mass is 10.2. The number of amides is 1. The van der Waals surface area contributed by atoms with Crippen LogP contribution in [0.5, 0.6) is 11.5 Å². The van der Waals surface area contributed by atoms with Gasteiger partial charge in [0, 0.05) is 50.4 Å². The highest BCUT2D eigenvalue weighted by molar-refractivity contribution is 5.94. The predicted octanol–water partition coefficient (Wildman–Crippen LogP) is 2.61. The molecule has 0 bridgehead atoms. The first-order chi connectivity index (χ1) is 16.7. The van der Waals surface area contributed by atoms with Crippen LogP contribution in [0.2, 0.25) is 0 Å². The summed E-state index contributed by atoms with van der Waals surface area (Å²) in [6, 6.07) is 9.36. The molecular formula is C24H28N6O4. The van der Waals surface area contributed by atoms with Crippen LogP contribution in [-0.2, 0) is 9.53 Å². The van der Waals surface area contributed by atoms with Gasteiger partial charge in [0.05, 0.1) is 19.7 Å². The minimum Gasteiger partial charge on any atom is -0.493 e. The molecule has 10 nitrogen and oxygen atoms in total. The first-order valence-electron chi connectivity index (χ1n) is 11.4. The SMILES string of the molecule is COc1cc2nc(N3CCN(C(=O)C4CCCO4)CC3)nc(Nc3ccccn3)c2cc1OC. The Morgan fingerprint density at radius 2 is 1.88 bits per heavy atom. The van der Waals surface area contributed by atoms with Crippen LogP contribution in [0.1, 0.15) is 12.8 Å². The van der Waals surface area contributed by atoms with E-state index >= 15 is 0 Å². The minimum absolute atomic E-state index is 0.0888. The average molecular weight is 465 g/mol. The maximum atomic E-state index is 12.7. The zero-order valence-electron chi connectivity index (χ0n) is 19.4. The van der Waals surface area contributed by atoms with Gasteiger partial charge in [-0.1, -0.05) is 6.07 Å². The van der Waals surface area contributed by atoms with Crippen molar-refractivity contribution in [3.8, 4) is 11.5 Å². The third-order valence-electron chi connectivity index (χ3n) is 6.18. The van der Waals surface area contributed by atoms with Crippen LogP contribution in [0, 0.1) is 0 Å². The molecule has 1 N–H and O–H groups in total. The van der Waals surface area contributed by atoms with Crippen molar-refractivity contribution in [1.29, 1.82) is 0 Å². The van der Waals surface area contributed by atoms with Gasteiger partial charge in [-0.3, -0.25) is 4.79 Å². The van der Waals surface area contributed by atoms with Crippen molar-refractivity contribution in [2.75, 3.05) is 57.2 Å². The number of aromatic nitrogens is 3. The molecule has 0 radical (unpaired) electrons. The van der Waals surface area contributed by atoms with E-state index in [2.05, 4.69) is 15.2 Å². The molecule has 0 aliphatic carbocycles.